The van der Waals surface area contributed by atoms with Gasteiger partial charge >= 0.3 is 0 Å². The topological polar surface area (TPSA) is 53.0 Å². The maximum Gasteiger partial charge on any atom is 0.0926 e. The summed E-state index contributed by atoms with van der Waals surface area (Å²) < 4.78 is 2.01. The molecule has 4 rings (SSSR count). The van der Waals surface area contributed by atoms with E-state index in [0.717, 1.165) is 52.0 Å². The van der Waals surface area contributed by atoms with Crippen LogP contribution in [0.1, 0.15) is 55.0 Å². The van der Waals surface area contributed by atoms with E-state index in [0.29, 0.717) is 5.92 Å². The summed E-state index contributed by atoms with van der Waals surface area (Å²) in [5.74, 6) is 0.682. The maximum absolute atomic E-state index is 4.80. The number of piperidine rings is 1. The van der Waals surface area contributed by atoms with Crippen LogP contribution in [-0.4, -0.2) is 55.7 Å². The van der Waals surface area contributed by atoms with E-state index in [2.05, 4.69) is 47.6 Å². The van der Waals surface area contributed by atoms with Crippen LogP contribution in [0.3, 0.4) is 0 Å². The summed E-state index contributed by atoms with van der Waals surface area (Å²) in [6, 6.07) is 0. The van der Waals surface area contributed by atoms with Gasteiger partial charge in [0, 0.05) is 63.1 Å². The molecule has 0 saturated carbocycles. The van der Waals surface area contributed by atoms with Gasteiger partial charge in [-0.05, 0) is 32.6 Å². The molecule has 0 unspecified atom stereocenters. The van der Waals surface area contributed by atoms with Crippen molar-refractivity contribution in [2.75, 3.05) is 26.2 Å². The van der Waals surface area contributed by atoms with Crippen molar-refractivity contribution in [2.24, 2.45) is 13.0 Å². The van der Waals surface area contributed by atoms with Crippen molar-refractivity contribution < 1.29 is 0 Å². The lowest BCUT2D eigenvalue weighted by Crippen LogP contribution is -2.57. The second-order valence-corrected chi connectivity index (χ2v) is 8.90. The molecule has 1 fully saturated rings. The predicted octanol–water partition coefficient (Wildman–Crippen LogP) is 2.77. The zero-order valence-electron chi connectivity index (χ0n) is 17.5. The molecule has 2 aliphatic rings. The normalized spacial score (nSPS) is 20.5. The van der Waals surface area contributed by atoms with E-state index in [1.807, 2.05) is 18.1 Å². The lowest BCUT2D eigenvalue weighted by atomic mass is 9.78. The van der Waals surface area contributed by atoms with Gasteiger partial charge in [0.2, 0.25) is 0 Å². The van der Waals surface area contributed by atoms with Gasteiger partial charge in [-0.3, -0.25) is 14.5 Å². The van der Waals surface area contributed by atoms with Crippen LogP contribution in [0.2, 0.25) is 0 Å². The largest absolute Gasteiger partial charge is 0.348 e. The zero-order chi connectivity index (χ0) is 19.2. The standard InChI is InChI=1S/C21H34N6/c1-15(2)12-27-9-6-19-20(23-14-22-19)21(27)7-10-26(11-8-21)13-18-16(3)24-25(5)17(18)4/h14-15H,6-13H2,1-5H3,(H,22,23). The fourth-order valence-electron chi connectivity index (χ4n) is 5.13. The minimum atomic E-state index is 0.118. The van der Waals surface area contributed by atoms with Crippen LogP contribution in [0, 0.1) is 19.8 Å². The Morgan fingerprint density at radius 2 is 1.93 bits per heavy atom. The Morgan fingerprint density at radius 3 is 2.56 bits per heavy atom. The average molecular weight is 371 g/mol. The van der Waals surface area contributed by atoms with Gasteiger partial charge in [0.25, 0.3) is 0 Å². The Hall–Kier alpha value is -1.66. The van der Waals surface area contributed by atoms with Crippen LogP contribution in [-0.2, 0) is 25.6 Å². The maximum atomic E-state index is 4.80. The monoisotopic (exact) mass is 370 g/mol. The highest BCUT2D eigenvalue weighted by Gasteiger charge is 2.46. The number of rotatable bonds is 4. The number of aromatic amines is 1. The number of imidazole rings is 1. The molecule has 4 heterocycles. The third-order valence-electron chi connectivity index (χ3n) is 6.71. The molecule has 1 spiro atoms. The Bertz CT molecular complexity index is 794. The van der Waals surface area contributed by atoms with E-state index in [9.17, 15) is 0 Å². The first-order valence-electron chi connectivity index (χ1n) is 10.4. The third kappa shape index (κ3) is 3.23. The Kier molecular flexibility index (Phi) is 4.89. The van der Waals surface area contributed by atoms with Crippen molar-refractivity contribution in [2.45, 2.75) is 59.0 Å². The van der Waals surface area contributed by atoms with E-state index >= 15 is 0 Å². The SMILES string of the molecule is Cc1nn(C)c(C)c1CN1CCC2(CC1)c1nc[nH]c1CCN2CC(C)C. The van der Waals surface area contributed by atoms with Gasteiger partial charge < -0.3 is 4.98 Å². The first kappa shape index (κ1) is 18.7. The van der Waals surface area contributed by atoms with Crippen molar-refractivity contribution in [3.63, 3.8) is 0 Å². The molecule has 1 saturated heterocycles. The summed E-state index contributed by atoms with van der Waals surface area (Å²) in [6.45, 7) is 14.5. The average Bonchev–Trinajstić information content (AvgIpc) is 3.20. The molecule has 0 radical (unpaired) electrons. The fraction of sp³-hybridized carbons (Fsp3) is 0.714. The lowest BCUT2D eigenvalue weighted by Gasteiger charge is -2.51. The number of H-pyrrole nitrogens is 1. The van der Waals surface area contributed by atoms with E-state index in [4.69, 9.17) is 4.98 Å². The molecule has 2 aromatic heterocycles. The molecule has 0 aliphatic carbocycles. The second-order valence-electron chi connectivity index (χ2n) is 8.90. The van der Waals surface area contributed by atoms with E-state index in [1.54, 1.807) is 0 Å². The van der Waals surface area contributed by atoms with Gasteiger partial charge in [-0.15, -0.1) is 0 Å². The van der Waals surface area contributed by atoms with Crippen LogP contribution in [0.4, 0.5) is 0 Å². The zero-order valence-corrected chi connectivity index (χ0v) is 17.5. The highest BCUT2D eigenvalue weighted by Crippen LogP contribution is 2.42. The molecular weight excluding hydrogens is 336 g/mol. The molecule has 0 atom stereocenters. The number of nitrogens with one attached hydrogen (secondary N) is 1. The van der Waals surface area contributed by atoms with Gasteiger partial charge in [-0.25, -0.2) is 4.98 Å². The third-order valence-corrected chi connectivity index (χ3v) is 6.71. The Labute approximate surface area is 163 Å². The summed E-state index contributed by atoms with van der Waals surface area (Å²) in [4.78, 5) is 13.6. The second kappa shape index (κ2) is 7.06. The van der Waals surface area contributed by atoms with Crippen molar-refractivity contribution in [1.82, 2.24) is 29.5 Å². The van der Waals surface area contributed by atoms with Gasteiger partial charge in [0.15, 0.2) is 0 Å². The fourth-order valence-corrected chi connectivity index (χ4v) is 5.13. The molecule has 1 N–H and O–H groups in total. The van der Waals surface area contributed by atoms with E-state index < -0.39 is 0 Å². The number of aromatic nitrogens is 4. The Balaban J connectivity index is 1.53. The summed E-state index contributed by atoms with van der Waals surface area (Å²) in [5, 5.41) is 4.59. The summed E-state index contributed by atoms with van der Waals surface area (Å²) in [5.41, 5.74) is 6.67. The summed E-state index contributed by atoms with van der Waals surface area (Å²) in [6.07, 6.45) is 5.33. The van der Waals surface area contributed by atoms with Crippen LogP contribution < -0.4 is 0 Å². The number of likely N-dealkylation sites (tertiary alicyclic amines) is 1. The van der Waals surface area contributed by atoms with Gasteiger partial charge in [-0.1, -0.05) is 13.8 Å². The van der Waals surface area contributed by atoms with Crippen molar-refractivity contribution in [1.29, 1.82) is 0 Å². The summed E-state index contributed by atoms with van der Waals surface area (Å²) in [7, 11) is 2.04. The molecule has 27 heavy (non-hydrogen) atoms. The quantitative estimate of drug-likeness (QED) is 0.899. The number of hydrogen-bond acceptors (Lipinski definition) is 4. The Morgan fingerprint density at radius 1 is 1.19 bits per heavy atom. The molecular formula is C21H34N6. The van der Waals surface area contributed by atoms with Gasteiger partial charge in [0.05, 0.1) is 23.3 Å². The van der Waals surface area contributed by atoms with Crippen molar-refractivity contribution in [3.8, 4) is 0 Å². The van der Waals surface area contributed by atoms with Crippen LogP contribution in [0.15, 0.2) is 6.33 Å². The smallest absolute Gasteiger partial charge is 0.0926 e. The first-order chi connectivity index (χ1) is 12.9. The van der Waals surface area contributed by atoms with Crippen LogP contribution in [0.25, 0.3) is 0 Å². The van der Waals surface area contributed by atoms with Crippen molar-refractivity contribution >= 4 is 0 Å². The number of nitrogens with zero attached hydrogens (tertiary/aromatic N) is 5. The predicted molar refractivity (Wildman–Crippen MR) is 108 cm³/mol. The van der Waals surface area contributed by atoms with Crippen LogP contribution in [0.5, 0.6) is 0 Å². The highest BCUT2D eigenvalue weighted by molar-refractivity contribution is 5.28. The molecule has 0 amide bonds. The molecule has 148 valence electrons. The van der Waals surface area contributed by atoms with E-state index in [-0.39, 0.29) is 5.54 Å². The van der Waals surface area contributed by atoms with Crippen LogP contribution >= 0.6 is 0 Å². The van der Waals surface area contributed by atoms with Gasteiger partial charge in [0.1, 0.15) is 0 Å². The number of hydrogen-bond donors (Lipinski definition) is 1. The summed E-state index contributed by atoms with van der Waals surface area (Å²) >= 11 is 0. The molecule has 2 aliphatic heterocycles. The number of fused-ring (bicyclic) bond motifs is 2. The minimum Gasteiger partial charge on any atom is -0.348 e. The lowest BCUT2D eigenvalue weighted by molar-refractivity contribution is -0.00363. The van der Waals surface area contributed by atoms with E-state index in [1.165, 1.54) is 28.3 Å². The molecule has 6 nitrogen and oxygen atoms in total. The molecule has 2 aromatic rings. The first-order valence-corrected chi connectivity index (χ1v) is 10.4. The minimum absolute atomic E-state index is 0.118. The highest BCUT2D eigenvalue weighted by atomic mass is 15.3. The van der Waals surface area contributed by atoms with Crippen molar-refractivity contribution in [3.05, 3.63) is 34.7 Å². The van der Waals surface area contributed by atoms with Gasteiger partial charge in [-0.2, -0.15) is 5.10 Å². The molecule has 0 aromatic carbocycles. The number of aryl methyl sites for hydroxylation is 2. The molecule has 6 heteroatoms. The molecule has 0 bridgehead atoms.